The van der Waals surface area contributed by atoms with Crippen molar-refractivity contribution in [2.75, 3.05) is 6.61 Å². The lowest BCUT2D eigenvalue weighted by molar-refractivity contribution is -0.146. The molecule has 8 heteroatoms. The van der Waals surface area contributed by atoms with Gasteiger partial charge in [0.25, 0.3) is 5.56 Å². The minimum Gasteiger partial charge on any atom is -0.464 e. The number of carbonyl (C=O) groups is 1. The van der Waals surface area contributed by atoms with Gasteiger partial charge in [0.2, 0.25) is 0 Å². The lowest BCUT2D eigenvalue weighted by Crippen LogP contribution is -2.40. The topological polar surface area (TPSA) is 88.1 Å². The SMILES string of the molecule is CCOC(=O)C(C)n1cnc2c1c(=O)n(Cc1ccccc1)c(=O)n2-c1ccccc1C. The summed E-state index contributed by atoms with van der Waals surface area (Å²) in [5.41, 5.74) is 1.67. The first-order valence-electron chi connectivity index (χ1n) is 10.4. The van der Waals surface area contributed by atoms with E-state index in [2.05, 4.69) is 4.98 Å². The van der Waals surface area contributed by atoms with E-state index in [1.54, 1.807) is 19.9 Å². The fourth-order valence-corrected chi connectivity index (χ4v) is 3.75. The van der Waals surface area contributed by atoms with Gasteiger partial charge in [-0.1, -0.05) is 48.5 Å². The molecule has 0 bridgehead atoms. The van der Waals surface area contributed by atoms with Gasteiger partial charge in [0.05, 0.1) is 25.2 Å². The number of imidazole rings is 1. The average Bonchev–Trinajstić information content (AvgIpc) is 3.23. The number of hydrogen-bond acceptors (Lipinski definition) is 5. The lowest BCUT2D eigenvalue weighted by atomic mass is 10.2. The van der Waals surface area contributed by atoms with Crippen LogP contribution in [0, 0.1) is 6.92 Å². The number of aryl methyl sites for hydroxylation is 1. The highest BCUT2D eigenvalue weighted by molar-refractivity contribution is 5.79. The second kappa shape index (κ2) is 8.66. The van der Waals surface area contributed by atoms with Crippen molar-refractivity contribution < 1.29 is 9.53 Å². The summed E-state index contributed by atoms with van der Waals surface area (Å²) in [5, 5.41) is 0. The molecule has 0 aliphatic heterocycles. The van der Waals surface area contributed by atoms with Crippen LogP contribution in [-0.2, 0) is 16.1 Å². The Labute approximate surface area is 184 Å². The normalized spacial score (nSPS) is 12.1. The number of rotatable bonds is 6. The molecule has 0 radical (unpaired) electrons. The molecule has 0 aliphatic rings. The number of fused-ring (bicyclic) bond motifs is 1. The molecule has 2 aromatic carbocycles. The lowest BCUT2D eigenvalue weighted by Gasteiger charge is -2.16. The zero-order valence-electron chi connectivity index (χ0n) is 18.2. The van der Waals surface area contributed by atoms with E-state index in [1.165, 1.54) is 20.0 Å². The van der Waals surface area contributed by atoms with Gasteiger partial charge >= 0.3 is 11.7 Å². The van der Waals surface area contributed by atoms with E-state index in [0.717, 1.165) is 11.1 Å². The summed E-state index contributed by atoms with van der Waals surface area (Å²) in [6, 6.07) is 15.9. The van der Waals surface area contributed by atoms with E-state index in [4.69, 9.17) is 4.74 Å². The molecule has 0 aliphatic carbocycles. The van der Waals surface area contributed by atoms with Gasteiger partial charge in [-0.15, -0.1) is 0 Å². The first-order chi connectivity index (χ1) is 15.4. The van der Waals surface area contributed by atoms with Gasteiger partial charge in [-0.3, -0.25) is 9.36 Å². The zero-order chi connectivity index (χ0) is 22.8. The van der Waals surface area contributed by atoms with Crippen LogP contribution in [0.15, 0.2) is 70.5 Å². The van der Waals surface area contributed by atoms with Crippen LogP contribution in [0.3, 0.4) is 0 Å². The summed E-state index contributed by atoms with van der Waals surface area (Å²) in [5.74, 6) is -0.477. The number of benzene rings is 2. The summed E-state index contributed by atoms with van der Waals surface area (Å²) >= 11 is 0. The van der Waals surface area contributed by atoms with Crippen LogP contribution in [0.2, 0.25) is 0 Å². The monoisotopic (exact) mass is 432 g/mol. The maximum absolute atomic E-state index is 13.6. The Hall–Kier alpha value is -3.94. The Kier molecular flexibility index (Phi) is 5.77. The quantitative estimate of drug-likeness (QED) is 0.437. The van der Waals surface area contributed by atoms with Crippen molar-refractivity contribution in [3.63, 3.8) is 0 Å². The third-order valence-corrected chi connectivity index (χ3v) is 5.44. The van der Waals surface area contributed by atoms with E-state index >= 15 is 0 Å². The minimum absolute atomic E-state index is 0.0965. The van der Waals surface area contributed by atoms with Crippen molar-refractivity contribution in [1.82, 2.24) is 18.7 Å². The van der Waals surface area contributed by atoms with Crippen molar-refractivity contribution in [2.24, 2.45) is 0 Å². The largest absolute Gasteiger partial charge is 0.464 e. The predicted molar refractivity (Wildman–Crippen MR) is 121 cm³/mol. The van der Waals surface area contributed by atoms with Crippen LogP contribution in [-0.4, -0.2) is 31.3 Å². The first-order valence-corrected chi connectivity index (χ1v) is 10.4. The van der Waals surface area contributed by atoms with Gasteiger partial charge in [-0.2, -0.15) is 0 Å². The first kappa shape index (κ1) is 21.3. The molecule has 32 heavy (non-hydrogen) atoms. The van der Waals surface area contributed by atoms with Crippen molar-refractivity contribution in [3.8, 4) is 5.69 Å². The molecule has 0 saturated carbocycles. The highest BCUT2D eigenvalue weighted by atomic mass is 16.5. The molecule has 2 aromatic heterocycles. The fourth-order valence-electron chi connectivity index (χ4n) is 3.75. The molecule has 1 atom stereocenters. The van der Waals surface area contributed by atoms with E-state index in [9.17, 15) is 14.4 Å². The van der Waals surface area contributed by atoms with Gasteiger partial charge in [0, 0.05) is 0 Å². The Morgan fingerprint density at radius 1 is 1.06 bits per heavy atom. The second-order valence-electron chi connectivity index (χ2n) is 7.53. The van der Waals surface area contributed by atoms with Crippen molar-refractivity contribution in [3.05, 3.63) is 92.9 Å². The second-order valence-corrected chi connectivity index (χ2v) is 7.53. The van der Waals surface area contributed by atoms with Gasteiger partial charge in [-0.05, 0) is 38.0 Å². The Balaban J connectivity index is 2.04. The molecular formula is C24H24N4O4. The number of carbonyl (C=O) groups excluding carboxylic acids is 1. The highest BCUT2D eigenvalue weighted by Crippen LogP contribution is 2.20. The van der Waals surface area contributed by atoms with Crippen LogP contribution < -0.4 is 11.2 Å². The van der Waals surface area contributed by atoms with Crippen molar-refractivity contribution >= 4 is 17.1 Å². The number of hydrogen-bond donors (Lipinski definition) is 0. The average molecular weight is 432 g/mol. The molecule has 1 unspecified atom stereocenters. The van der Waals surface area contributed by atoms with E-state index in [1.807, 2.05) is 55.5 Å². The summed E-state index contributed by atoms with van der Waals surface area (Å²) < 4.78 is 9.23. The summed E-state index contributed by atoms with van der Waals surface area (Å²) in [7, 11) is 0. The number of para-hydroxylation sites is 1. The van der Waals surface area contributed by atoms with Crippen LogP contribution in [0.4, 0.5) is 0 Å². The number of nitrogens with zero attached hydrogens (tertiary/aromatic N) is 4. The smallest absolute Gasteiger partial charge is 0.337 e. The minimum atomic E-state index is -0.777. The number of ether oxygens (including phenoxy) is 1. The number of aromatic nitrogens is 4. The van der Waals surface area contributed by atoms with Crippen LogP contribution in [0.25, 0.3) is 16.9 Å². The molecular weight excluding hydrogens is 408 g/mol. The standard InChI is InChI=1S/C24H24N4O4/c1-4-32-23(30)17(3)27-15-25-21-20(27)22(29)26(14-18-11-6-5-7-12-18)24(31)28(21)19-13-9-8-10-16(19)2/h5-13,15,17H,4,14H2,1-3H3. The Bertz CT molecular complexity index is 1400. The molecule has 0 amide bonds. The van der Waals surface area contributed by atoms with Gasteiger partial charge < -0.3 is 9.30 Å². The Morgan fingerprint density at radius 2 is 1.75 bits per heavy atom. The molecule has 4 rings (SSSR count). The Morgan fingerprint density at radius 3 is 2.44 bits per heavy atom. The molecule has 8 nitrogen and oxygen atoms in total. The van der Waals surface area contributed by atoms with Crippen molar-refractivity contribution in [1.29, 1.82) is 0 Å². The third kappa shape index (κ3) is 3.64. The zero-order valence-corrected chi connectivity index (χ0v) is 18.2. The maximum Gasteiger partial charge on any atom is 0.337 e. The molecule has 0 spiro atoms. The number of esters is 1. The summed E-state index contributed by atoms with van der Waals surface area (Å²) in [6.45, 7) is 5.57. The van der Waals surface area contributed by atoms with Gasteiger partial charge in [0.1, 0.15) is 6.04 Å². The maximum atomic E-state index is 13.6. The molecule has 4 aromatic rings. The van der Waals surface area contributed by atoms with Crippen molar-refractivity contribution in [2.45, 2.75) is 33.4 Å². The van der Waals surface area contributed by atoms with Crippen LogP contribution >= 0.6 is 0 Å². The van der Waals surface area contributed by atoms with E-state index < -0.39 is 23.3 Å². The van der Waals surface area contributed by atoms with E-state index in [0.29, 0.717) is 5.69 Å². The fraction of sp³-hybridized carbons (Fsp3) is 0.250. The molecule has 164 valence electrons. The third-order valence-electron chi connectivity index (χ3n) is 5.44. The highest BCUT2D eigenvalue weighted by Gasteiger charge is 2.25. The summed E-state index contributed by atoms with van der Waals surface area (Å²) in [4.78, 5) is 43.9. The summed E-state index contributed by atoms with van der Waals surface area (Å²) in [6.07, 6.45) is 1.41. The van der Waals surface area contributed by atoms with Gasteiger partial charge in [0.15, 0.2) is 11.2 Å². The molecule has 0 N–H and O–H groups in total. The van der Waals surface area contributed by atoms with E-state index in [-0.39, 0.29) is 24.3 Å². The molecule has 0 saturated heterocycles. The molecule has 2 heterocycles. The van der Waals surface area contributed by atoms with Crippen LogP contribution in [0.5, 0.6) is 0 Å². The van der Waals surface area contributed by atoms with Gasteiger partial charge in [-0.25, -0.2) is 19.1 Å². The predicted octanol–water partition coefficient (Wildman–Crippen LogP) is 2.83. The molecule has 0 fully saturated rings. The van der Waals surface area contributed by atoms with Crippen LogP contribution in [0.1, 0.15) is 31.0 Å².